The molecule has 1 saturated heterocycles. The number of nitrogens with one attached hydrogen (secondary N) is 1. The highest BCUT2D eigenvalue weighted by Gasteiger charge is 2.18. The van der Waals surface area contributed by atoms with Gasteiger partial charge in [-0.25, -0.2) is 0 Å². The SMILES string of the molecule is Cc1cc(C(=O)CCC(=O)NCC(=O)N2CCCC2)c(C)s1. The molecule has 5 nitrogen and oxygen atoms in total. The van der Waals surface area contributed by atoms with Gasteiger partial charge in [-0.15, -0.1) is 11.3 Å². The van der Waals surface area contributed by atoms with Gasteiger partial charge in [0.25, 0.3) is 0 Å². The Bertz CT molecular complexity index is 574. The molecule has 1 N–H and O–H groups in total. The third kappa shape index (κ3) is 4.40. The zero-order valence-electron chi connectivity index (χ0n) is 13.1. The van der Waals surface area contributed by atoms with E-state index in [-0.39, 0.29) is 37.0 Å². The van der Waals surface area contributed by atoms with E-state index in [0.29, 0.717) is 5.56 Å². The smallest absolute Gasteiger partial charge is 0.241 e. The highest BCUT2D eigenvalue weighted by atomic mass is 32.1. The molecule has 120 valence electrons. The number of carbonyl (C=O) groups excluding carboxylic acids is 3. The van der Waals surface area contributed by atoms with E-state index in [0.717, 1.165) is 35.7 Å². The molecule has 22 heavy (non-hydrogen) atoms. The summed E-state index contributed by atoms with van der Waals surface area (Å²) in [4.78, 5) is 39.5. The second-order valence-electron chi connectivity index (χ2n) is 5.61. The van der Waals surface area contributed by atoms with E-state index in [1.54, 1.807) is 16.2 Å². The van der Waals surface area contributed by atoms with Crippen LogP contribution in [0.25, 0.3) is 0 Å². The fraction of sp³-hybridized carbons (Fsp3) is 0.562. The summed E-state index contributed by atoms with van der Waals surface area (Å²) in [7, 11) is 0. The number of ketones is 1. The quantitative estimate of drug-likeness (QED) is 0.815. The number of nitrogens with zero attached hydrogens (tertiary/aromatic N) is 1. The minimum atomic E-state index is -0.245. The summed E-state index contributed by atoms with van der Waals surface area (Å²) in [5.74, 6) is -0.296. The van der Waals surface area contributed by atoms with Gasteiger partial charge < -0.3 is 10.2 Å². The highest BCUT2D eigenvalue weighted by Crippen LogP contribution is 2.22. The lowest BCUT2D eigenvalue weighted by atomic mass is 10.1. The molecule has 0 saturated carbocycles. The molecule has 0 aromatic carbocycles. The van der Waals surface area contributed by atoms with E-state index < -0.39 is 0 Å². The zero-order valence-corrected chi connectivity index (χ0v) is 13.9. The Hall–Kier alpha value is -1.69. The minimum absolute atomic E-state index is 0.0112. The summed E-state index contributed by atoms with van der Waals surface area (Å²) in [5, 5.41) is 2.61. The molecule has 2 heterocycles. The predicted octanol–water partition coefficient (Wildman–Crippen LogP) is 2.07. The molecule has 2 rings (SSSR count). The van der Waals surface area contributed by atoms with E-state index in [1.165, 1.54) is 0 Å². The molecule has 0 atom stereocenters. The first-order valence-electron chi connectivity index (χ1n) is 7.62. The number of thiophene rings is 1. The van der Waals surface area contributed by atoms with Crippen LogP contribution in [-0.2, 0) is 9.59 Å². The van der Waals surface area contributed by atoms with E-state index in [2.05, 4.69) is 5.32 Å². The summed E-state index contributed by atoms with van der Waals surface area (Å²) in [5.41, 5.74) is 0.712. The fourth-order valence-corrected chi connectivity index (χ4v) is 3.55. The molecule has 0 aliphatic carbocycles. The maximum Gasteiger partial charge on any atom is 0.241 e. The Morgan fingerprint density at radius 2 is 1.86 bits per heavy atom. The summed E-state index contributed by atoms with van der Waals surface area (Å²) in [6, 6.07) is 1.87. The number of Topliss-reactive ketones (excluding diaryl/α,β-unsaturated/α-hetero) is 1. The first-order chi connectivity index (χ1) is 10.5. The highest BCUT2D eigenvalue weighted by molar-refractivity contribution is 7.12. The number of hydrogen-bond acceptors (Lipinski definition) is 4. The van der Waals surface area contributed by atoms with Crippen molar-refractivity contribution in [1.82, 2.24) is 10.2 Å². The van der Waals surface area contributed by atoms with Crippen LogP contribution in [0, 0.1) is 13.8 Å². The average molecular weight is 322 g/mol. The largest absolute Gasteiger partial charge is 0.347 e. The molecule has 0 spiro atoms. The van der Waals surface area contributed by atoms with Crippen LogP contribution in [0.2, 0.25) is 0 Å². The topological polar surface area (TPSA) is 66.5 Å². The third-order valence-corrected chi connectivity index (χ3v) is 4.78. The summed E-state index contributed by atoms with van der Waals surface area (Å²) < 4.78 is 0. The van der Waals surface area contributed by atoms with Gasteiger partial charge in [-0.05, 0) is 32.8 Å². The number of likely N-dealkylation sites (tertiary alicyclic amines) is 1. The van der Waals surface area contributed by atoms with Crippen LogP contribution in [0.15, 0.2) is 6.07 Å². The first kappa shape index (κ1) is 16.7. The van der Waals surface area contributed by atoms with Gasteiger partial charge >= 0.3 is 0 Å². The van der Waals surface area contributed by atoms with Crippen molar-refractivity contribution in [2.24, 2.45) is 0 Å². The molecule has 1 fully saturated rings. The first-order valence-corrected chi connectivity index (χ1v) is 8.43. The lowest BCUT2D eigenvalue weighted by Gasteiger charge is -2.15. The molecule has 1 aliphatic heterocycles. The Labute approximate surface area is 134 Å². The maximum absolute atomic E-state index is 12.1. The van der Waals surface area contributed by atoms with Gasteiger partial charge in [-0.2, -0.15) is 0 Å². The Kier molecular flexibility index (Phi) is 5.71. The van der Waals surface area contributed by atoms with Crippen LogP contribution in [0.1, 0.15) is 45.8 Å². The van der Waals surface area contributed by atoms with E-state index in [4.69, 9.17) is 0 Å². The van der Waals surface area contributed by atoms with E-state index >= 15 is 0 Å². The predicted molar refractivity (Wildman–Crippen MR) is 86.2 cm³/mol. The van der Waals surface area contributed by atoms with Crippen LogP contribution in [0.5, 0.6) is 0 Å². The van der Waals surface area contributed by atoms with Crippen LogP contribution in [-0.4, -0.2) is 42.1 Å². The van der Waals surface area contributed by atoms with Gasteiger partial charge in [0.2, 0.25) is 11.8 Å². The minimum Gasteiger partial charge on any atom is -0.347 e. The normalized spacial score (nSPS) is 14.2. The monoisotopic (exact) mass is 322 g/mol. The zero-order chi connectivity index (χ0) is 16.1. The Morgan fingerprint density at radius 1 is 1.18 bits per heavy atom. The van der Waals surface area contributed by atoms with E-state index in [1.807, 2.05) is 19.9 Å². The van der Waals surface area contributed by atoms with Crippen molar-refractivity contribution in [3.8, 4) is 0 Å². The van der Waals surface area contributed by atoms with Crippen molar-refractivity contribution in [3.63, 3.8) is 0 Å². The van der Waals surface area contributed by atoms with Crippen LogP contribution in [0.4, 0.5) is 0 Å². The molecule has 6 heteroatoms. The van der Waals surface area contributed by atoms with Gasteiger partial charge in [-0.1, -0.05) is 0 Å². The number of hydrogen-bond donors (Lipinski definition) is 1. The maximum atomic E-state index is 12.1. The van der Waals surface area contributed by atoms with Gasteiger partial charge in [0.1, 0.15) is 0 Å². The summed E-state index contributed by atoms with van der Waals surface area (Å²) in [6.45, 7) is 5.47. The van der Waals surface area contributed by atoms with Crippen molar-refractivity contribution in [1.29, 1.82) is 0 Å². The summed E-state index contributed by atoms with van der Waals surface area (Å²) >= 11 is 1.59. The number of rotatable bonds is 6. The Balaban J connectivity index is 1.72. The van der Waals surface area contributed by atoms with Crippen LogP contribution in [0.3, 0.4) is 0 Å². The van der Waals surface area contributed by atoms with Crippen molar-refractivity contribution in [3.05, 3.63) is 21.4 Å². The lowest BCUT2D eigenvalue weighted by Crippen LogP contribution is -2.38. The van der Waals surface area contributed by atoms with Gasteiger partial charge in [0.05, 0.1) is 6.54 Å². The second-order valence-corrected chi connectivity index (χ2v) is 7.08. The lowest BCUT2D eigenvalue weighted by molar-refractivity contribution is -0.132. The van der Waals surface area contributed by atoms with Crippen molar-refractivity contribution < 1.29 is 14.4 Å². The molecular formula is C16H22N2O3S. The van der Waals surface area contributed by atoms with Crippen molar-refractivity contribution in [2.45, 2.75) is 39.5 Å². The number of aryl methyl sites for hydroxylation is 2. The van der Waals surface area contributed by atoms with Crippen molar-refractivity contribution >= 4 is 28.9 Å². The molecule has 1 aliphatic rings. The molecular weight excluding hydrogens is 300 g/mol. The molecule has 0 radical (unpaired) electrons. The number of amides is 2. The van der Waals surface area contributed by atoms with E-state index in [9.17, 15) is 14.4 Å². The molecule has 1 aromatic heterocycles. The van der Waals surface area contributed by atoms with Crippen LogP contribution >= 0.6 is 11.3 Å². The van der Waals surface area contributed by atoms with Crippen LogP contribution < -0.4 is 5.32 Å². The second kappa shape index (κ2) is 7.54. The Morgan fingerprint density at radius 3 is 2.45 bits per heavy atom. The average Bonchev–Trinajstić information content (AvgIpc) is 3.11. The molecule has 2 amide bonds. The molecule has 0 bridgehead atoms. The fourth-order valence-electron chi connectivity index (χ4n) is 2.61. The summed E-state index contributed by atoms with van der Waals surface area (Å²) in [6.07, 6.45) is 2.38. The third-order valence-electron chi connectivity index (χ3n) is 3.82. The van der Waals surface area contributed by atoms with Gasteiger partial charge in [0, 0.05) is 41.2 Å². The molecule has 1 aromatic rings. The molecule has 0 unspecified atom stereocenters. The standard InChI is InChI=1S/C16H22N2O3S/c1-11-9-13(12(2)22-11)14(19)5-6-15(20)17-10-16(21)18-7-3-4-8-18/h9H,3-8,10H2,1-2H3,(H,17,20). The van der Waals surface area contributed by atoms with Gasteiger partial charge in [-0.3, -0.25) is 14.4 Å². The van der Waals surface area contributed by atoms with Gasteiger partial charge in [0.15, 0.2) is 5.78 Å². The number of carbonyl (C=O) groups is 3. The van der Waals surface area contributed by atoms with Crippen molar-refractivity contribution in [2.75, 3.05) is 19.6 Å².